The number of rotatable bonds is 4. The van der Waals surface area contributed by atoms with Crippen LogP contribution in [0.15, 0.2) is 11.4 Å². The minimum Gasteiger partial charge on any atom is -0.278 e. The number of amides is 4. The first-order valence-corrected chi connectivity index (χ1v) is 8.44. The summed E-state index contributed by atoms with van der Waals surface area (Å²) in [4.78, 5) is 41.6. The molecule has 7 heteroatoms. The van der Waals surface area contributed by atoms with Gasteiger partial charge in [-0.05, 0) is 36.8 Å². The number of hydrogen-bond acceptors (Lipinski definition) is 5. The molecule has 3 heterocycles. The average molecular weight is 321 g/mol. The minimum absolute atomic E-state index is 0.188. The number of hydrogen-bond donors (Lipinski definition) is 0. The zero-order chi connectivity index (χ0) is 15.9. The predicted octanol–water partition coefficient (Wildman–Crippen LogP) is 1.83. The standard InChI is InChI=1S/C15H19N3O3S/c1-3-11-10-6-8-22-12(10)5-7-16(11)9-18-14(20)13(19)17(4-2)15(18)21/h6,8,11H,3-5,7,9H2,1-2H3/t11-/m0/s1. The van der Waals surface area contributed by atoms with Gasteiger partial charge in [0, 0.05) is 24.0 Å². The summed E-state index contributed by atoms with van der Waals surface area (Å²) in [6, 6.07) is 1.82. The van der Waals surface area contributed by atoms with E-state index in [0.717, 1.165) is 29.2 Å². The van der Waals surface area contributed by atoms with Gasteiger partial charge in [0.1, 0.15) is 0 Å². The van der Waals surface area contributed by atoms with Crippen LogP contribution in [-0.4, -0.2) is 52.3 Å². The lowest BCUT2D eigenvalue weighted by Gasteiger charge is -2.36. The molecule has 0 aromatic carbocycles. The van der Waals surface area contributed by atoms with Crippen molar-refractivity contribution in [1.82, 2.24) is 14.7 Å². The van der Waals surface area contributed by atoms with Crippen LogP contribution in [0.3, 0.4) is 0 Å². The van der Waals surface area contributed by atoms with E-state index >= 15 is 0 Å². The first-order chi connectivity index (χ1) is 10.6. The van der Waals surface area contributed by atoms with Gasteiger partial charge in [-0.2, -0.15) is 0 Å². The summed E-state index contributed by atoms with van der Waals surface area (Å²) in [5.74, 6) is -1.42. The molecule has 3 rings (SSSR count). The maximum Gasteiger partial charge on any atom is 0.335 e. The van der Waals surface area contributed by atoms with Crippen LogP contribution in [0.1, 0.15) is 36.8 Å². The van der Waals surface area contributed by atoms with Crippen molar-refractivity contribution in [1.29, 1.82) is 0 Å². The maximum atomic E-state index is 12.2. The largest absolute Gasteiger partial charge is 0.335 e. The Morgan fingerprint density at radius 1 is 1.18 bits per heavy atom. The lowest BCUT2D eigenvalue weighted by Crippen LogP contribution is -2.45. The highest BCUT2D eigenvalue weighted by Gasteiger charge is 2.45. The van der Waals surface area contributed by atoms with Crippen molar-refractivity contribution in [3.05, 3.63) is 21.9 Å². The average Bonchev–Trinajstić information content (AvgIpc) is 3.06. The number of urea groups is 1. The molecule has 0 bridgehead atoms. The van der Waals surface area contributed by atoms with Crippen molar-refractivity contribution in [3.63, 3.8) is 0 Å². The normalized spacial score (nSPS) is 22.6. The van der Waals surface area contributed by atoms with E-state index in [1.807, 2.05) is 0 Å². The van der Waals surface area contributed by atoms with Gasteiger partial charge in [-0.3, -0.25) is 19.4 Å². The second-order valence-corrected chi connectivity index (χ2v) is 6.49. The number of nitrogens with zero attached hydrogens (tertiary/aromatic N) is 3. The van der Waals surface area contributed by atoms with E-state index in [1.165, 1.54) is 10.4 Å². The molecule has 0 aliphatic carbocycles. The molecule has 4 amide bonds. The van der Waals surface area contributed by atoms with Crippen LogP contribution in [0.4, 0.5) is 4.79 Å². The SMILES string of the molecule is CC[C@H]1c2ccsc2CCN1CN1C(=O)C(=O)N(CC)C1=O. The molecule has 1 aromatic rings. The molecule has 2 aliphatic heterocycles. The topological polar surface area (TPSA) is 60.9 Å². The Kier molecular flexibility index (Phi) is 4.01. The van der Waals surface area contributed by atoms with Crippen LogP contribution in [0.2, 0.25) is 0 Å². The number of thiophene rings is 1. The Hall–Kier alpha value is -1.73. The lowest BCUT2D eigenvalue weighted by atomic mass is 9.98. The summed E-state index contributed by atoms with van der Waals surface area (Å²) in [6.07, 6.45) is 1.83. The van der Waals surface area contributed by atoms with E-state index in [4.69, 9.17) is 0 Å². The molecule has 118 valence electrons. The van der Waals surface area contributed by atoms with Gasteiger partial charge in [-0.15, -0.1) is 11.3 Å². The fourth-order valence-corrected chi connectivity index (χ4v) is 4.16. The highest BCUT2D eigenvalue weighted by molar-refractivity contribution is 7.10. The first-order valence-electron chi connectivity index (χ1n) is 7.56. The van der Waals surface area contributed by atoms with E-state index in [-0.39, 0.29) is 19.3 Å². The number of fused-ring (bicyclic) bond motifs is 1. The second kappa shape index (κ2) is 5.81. The second-order valence-electron chi connectivity index (χ2n) is 5.49. The monoisotopic (exact) mass is 321 g/mol. The third kappa shape index (κ3) is 2.24. The van der Waals surface area contributed by atoms with E-state index < -0.39 is 17.8 Å². The van der Waals surface area contributed by atoms with E-state index in [9.17, 15) is 14.4 Å². The number of carbonyl (C=O) groups excluding carboxylic acids is 3. The summed E-state index contributed by atoms with van der Waals surface area (Å²) < 4.78 is 0. The van der Waals surface area contributed by atoms with Crippen molar-refractivity contribution < 1.29 is 14.4 Å². The Morgan fingerprint density at radius 2 is 1.91 bits per heavy atom. The van der Waals surface area contributed by atoms with Crippen LogP contribution in [0.5, 0.6) is 0 Å². The van der Waals surface area contributed by atoms with E-state index in [2.05, 4.69) is 23.3 Å². The molecule has 0 saturated carbocycles. The number of likely N-dealkylation sites (N-methyl/N-ethyl adjacent to an activating group) is 1. The highest BCUT2D eigenvalue weighted by Crippen LogP contribution is 2.35. The van der Waals surface area contributed by atoms with E-state index in [1.54, 1.807) is 18.3 Å². The number of imide groups is 2. The van der Waals surface area contributed by atoms with Gasteiger partial charge < -0.3 is 0 Å². The Labute approximate surface area is 133 Å². The Bertz CT molecular complexity index is 627. The van der Waals surface area contributed by atoms with Crippen molar-refractivity contribution in [2.45, 2.75) is 32.7 Å². The predicted molar refractivity (Wildman–Crippen MR) is 82.3 cm³/mol. The lowest BCUT2D eigenvalue weighted by molar-refractivity contribution is -0.144. The first kappa shape index (κ1) is 15.2. The fourth-order valence-electron chi connectivity index (χ4n) is 3.23. The summed E-state index contributed by atoms with van der Waals surface area (Å²) in [7, 11) is 0. The molecular formula is C15H19N3O3S. The van der Waals surface area contributed by atoms with E-state index in [0.29, 0.717) is 0 Å². The number of carbonyl (C=O) groups is 3. The summed E-state index contributed by atoms with van der Waals surface area (Å²) >= 11 is 1.76. The van der Waals surface area contributed by atoms with Gasteiger partial charge in [0.25, 0.3) is 0 Å². The smallest absolute Gasteiger partial charge is 0.278 e. The molecule has 1 atom stereocenters. The van der Waals surface area contributed by atoms with Gasteiger partial charge in [0.2, 0.25) is 0 Å². The molecule has 0 unspecified atom stereocenters. The molecule has 1 saturated heterocycles. The van der Waals surface area contributed by atoms with Crippen LogP contribution in [-0.2, 0) is 16.0 Å². The van der Waals surface area contributed by atoms with Crippen molar-refractivity contribution in [2.24, 2.45) is 0 Å². The quantitative estimate of drug-likeness (QED) is 0.627. The van der Waals surface area contributed by atoms with Crippen molar-refractivity contribution in [2.75, 3.05) is 19.8 Å². The summed E-state index contributed by atoms with van der Waals surface area (Å²) in [6.45, 7) is 5.00. The fraction of sp³-hybridized carbons (Fsp3) is 0.533. The van der Waals surface area contributed by atoms with Crippen LogP contribution in [0, 0.1) is 0 Å². The van der Waals surface area contributed by atoms with Crippen LogP contribution in [0.25, 0.3) is 0 Å². The molecule has 6 nitrogen and oxygen atoms in total. The molecular weight excluding hydrogens is 302 g/mol. The maximum absolute atomic E-state index is 12.2. The third-order valence-electron chi connectivity index (χ3n) is 4.37. The Balaban J connectivity index is 1.80. The van der Waals surface area contributed by atoms with Crippen LogP contribution < -0.4 is 0 Å². The third-order valence-corrected chi connectivity index (χ3v) is 5.36. The van der Waals surface area contributed by atoms with Gasteiger partial charge in [0.05, 0.1) is 6.67 Å². The highest BCUT2D eigenvalue weighted by atomic mass is 32.1. The molecule has 22 heavy (non-hydrogen) atoms. The summed E-state index contributed by atoms with van der Waals surface area (Å²) in [5, 5.41) is 2.09. The van der Waals surface area contributed by atoms with Gasteiger partial charge >= 0.3 is 17.8 Å². The molecule has 1 aromatic heterocycles. The zero-order valence-electron chi connectivity index (χ0n) is 12.7. The summed E-state index contributed by atoms with van der Waals surface area (Å²) in [5.41, 5.74) is 1.29. The molecule has 0 N–H and O–H groups in total. The minimum atomic E-state index is -0.714. The molecule has 1 fully saturated rings. The molecule has 0 spiro atoms. The van der Waals surface area contributed by atoms with Crippen LogP contribution >= 0.6 is 11.3 Å². The molecule has 2 aliphatic rings. The molecule has 0 radical (unpaired) electrons. The Morgan fingerprint density at radius 3 is 2.55 bits per heavy atom. The van der Waals surface area contributed by atoms with Gasteiger partial charge in [-0.1, -0.05) is 6.92 Å². The van der Waals surface area contributed by atoms with Gasteiger partial charge in [0.15, 0.2) is 0 Å². The zero-order valence-corrected chi connectivity index (χ0v) is 13.6. The van der Waals surface area contributed by atoms with Crippen molar-refractivity contribution in [3.8, 4) is 0 Å². The van der Waals surface area contributed by atoms with Gasteiger partial charge in [-0.25, -0.2) is 9.69 Å². The van der Waals surface area contributed by atoms with Crippen molar-refractivity contribution >= 4 is 29.2 Å².